The van der Waals surface area contributed by atoms with Crippen LogP contribution in [0.5, 0.6) is 23.0 Å². The number of aromatic nitrogens is 1. The maximum Gasteiger partial charge on any atom is 0.270 e. The molecule has 1 aliphatic rings. The molecule has 0 saturated carbocycles. The molecule has 234 valence electrons. The molecule has 2 aromatic carbocycles. The van der Waals surface area contributed by atoms with E-state index in [0.29, 0.717) is 57.8 Å². The van der Waals surface area contributed by atoms with Gasteiger partial charge in [0.05, 0.1) is 16.0 Å². The van der Waals surface area contributed by atoms with Crippen molar-refractivity contribution in [1.29, 1.82) is 0 Å². The van der Waals surface area contributed by atoms with Gasteiger partial charge in [-0.15, -0.1) is 11.3 Å². The number of aromatic hydroxyl groups is 2. The third kappa shape index (κ3) is 6.27. The van der Waals surface area contributed by atoms with E-state index < -0.39 is 0 Å². The molecule has 3 heterocycles. The molecule has 45 heavy (non-hydrogen) atoms. The Morgan fingerprint density at radius 2 is 1.60 bits per heavy atom. The maximum atomic E-state index is 13.1. The molecule has 1 aliphatic heterocycles. The number of carbonyl (C=O) groups is 4. The number of hydrogen-bond donors (Lipinski definition) is 2. The van der Waals surface area contributed by atoms with E-state index in [0.717, 1.165) is 24.2 Å². The predicted molar refractivity (Wildman–Crippen MR) is 168 cm³/mol. The van der Waals surface area contributed by atoms with Gasteiger partial charge in [-0.1, -0.05) is 6.07 Å². The largest absolute Gasteiger partial charge is 0.507 e. The standard InChI is InChI=1S/C33H33N3O8S/c1-34(2)33(42)31-21(19-44-26-8-6-7-25(39)23(26)16-37)15-28(45-31)22-9-10-27(24(17-38)30(22)40)43-18-20-11-14-35(3)29(20)32(41)36-12-4-5-13-36/h6-11,14-17,39-40H,4-5,12-13,18-19H2,1-3H3. The summed E-state index contributed by atoms with van der Waals surface area (Å²) in [4.78, 5) is 53.9. The SMILES string of the molecule is CN(C)C(=O)c1sc(-c2ccc(OCc3ccn(C)c3C(=O)N3CCCC3)c(C=O)c2O)cc1COc1cccc(O)c1C=O. The Kier molecular flexibility index (Phi) is 9.24. The quantitative estimate of drug-likeness (QED) is 0.223. The highest BCUT2D eigenvalue weighted by Crippen LogP contribution is 2.42. The molecule has 0 aliphatic carbocycles. The fourth-order valence-corrected chi connectivity index (χ4v) is 6.44. The third-order valence-electron chi connectivity index (χ3n) is 7.65. The second-order valence-corrected chi connectivity index (χ2v) is 11.9. The molecular weight excluding hydrogens is 598 g/mol. The summed E-state index contributed by atoms with van der Waals surface area (Å²) in [6.45, 7) is 1.33. The summed E-state index contributed by atoms with van der Waals surface area (Å²) < 4.78 is 13.5. The van der Waals surface area contributed by atoms with Crippen LogP contribution in [0.15, 0.2) is 48.7 Å². The Balaban J connectivity index is 1.42. The van der Waals surface area contributed by atoms with Crippen LogP contribution < -0.4 is 9.47 Å². The molecule has 12 heteroatoms. The van der Waals surface area contributed by atoms with Crippen LogP contribution in [0, 0.1) is 0 Å². The average Bonchev–Trinajstić information content (AvgIpc) is 3.79. The number of phenolic OH excluding ortho intramolecular Hbond substituents is 2. The molecule has 2 amide bonds. The lowest BCUT2D eigenvalue weighted by Crippen LogP contribution is -2.30. The van der Waals surface area contributed by atoms with Crippen molar-refractivity contribution in [3.05, 3.63) is 81.5 Å². The highest BCUT2D eigenvalue weighted by atomic mass is 32.1. The number of nitrogens with zero attached hydrogens (tertiary/aromatic N) is 3. The number of aldehydes is 2. The third-order valence-corrected chi connectivity index (χ3v) is 8.85. The lowest BCUT2D eigenvalue weighted by Gasteiger charge is -2.18. The van der Waals surface area contributed by atoms with E-state index in [1.54, 1.807) is 56.2 Å². The van der Waals surface area contributed by atoms with Crippen molar-refractivity contribution in [2.45, 2.75) is 26.1 Å². The van der Waals surface area contributed by atoms with E-state index in [1.165, 1.54) is 23.1 Å². The van der Waals surface area contributed by atoms with Crippen molar-refractivity contribution < 1.29 is 38.9 Å². The second kappa shape index (κ2) is 13.3. The molecule has 0 spiro atoms. The van der Waals surface area contributed by atoms with E-state index >= 15 is 0 Å². The number of carbonyl (C=O) groups excluding carboxylic acids is 4. The molecule has 1 saturated heterocycles. The van der Waals surface area contributed by atoms with Crippen LogP contribution in [-0.2, 0) is 20.3 Å². The van der Waals surface area contributed by atoms with Crippen molar-refractivity contribution in [2.75, 3.05) is 27.2 Å². The van der Waals surface area contributed by atoms with Gasteiger partial charge < -0.3 is 34.1 Å². The number of amides is 2. The van der Waals surface area contributed by atoms with Crippen molar-refractivity contribution in [3.63, 3.8) is 0 Å². The number of phenols is 2. The lowest BCUT2D eigenvalue weighted by atomic mass is 10.1. The van der Waals surface area contributed by atoms with Crippen LogP contribution in [0.25, 0.3) is 10.4 Å². The predicted octanol–water partition coefficient (Wildman–Crippen LogP) is 4.89. The van der Waals surface area contributed by atoms with Gasteiger partial charge in [0.1, 0.15) is 41.9 Å². The zero-order chi connectivity index (χ0) is 32.2. The van der Waals surface area contributed by atoms with Crippen molar-refractivity contribution >= 4 is 35.7 Å². The van der Waals surface area contributed by atoms with E-state index in [-0.39, 0.29) is 59.2 Å². The Morgan fingerprint density at radius 1 is 0.933 bits per heavy atom. The molecule has 4 aromatic rings. The molecule has 2 aromatic heterocycles. The Labute approximate surface area is 263 Å². The minimum atomic E-state index is -0.322. The first-order chi connectivity index (χ1) is 21.6. The van der Waals surface area contributed by atoms with Gasteiger partial charge in [0, 0.05) is 62.0 Å². The highest BCUT2D eigenvalue weighted by molar-refractivity contribution is 7.17. The number of aryl methyl sites for hydroxylation is 1. The first kappa shape index (κ1) is 31.3. The fourth-order valence-electron chi connectivity index (χ4n) is 5.23. The first-order valence-corrected chi connectivity index (χ1v) is 15.1. The van der Waals surface area contributed by atoms with E-state index in [2.05, 4.69) is 0 Å². The molecule has 5 rings (SSSR count). The maximum absolute atomic E-state index is 13.1. The van der Waals surface area contributed by atoms with Crippen LogP contribution in [0.2, 0.25) is 0 Å². The van der Waals surface area contributed by atoms with Crippen molar-refractivity contribution in [1.82, 2.24) is 14.4 Å². The van der Waals surface area contributed by atoms with Crippen LogP contribution in [0.4, 0.5) is 0 Å². The van der Waals surface area contributed by atoms with Gasteiger partial charge in [-0.3, -0.25) is 19.2 Å². The van der Waals surface area contributed by atoms with Crippen molar-refractivity contribution in [2.24, 2.45) is 7.05 Å². The zero-order valence-corrected chi connectivity index (χ0v) is 25.9. The van der Waals surface area contributed by atoms with Crippen molar-refractivity contribution in [3.8, 4) is 33.4 Å². The minimum Gasteiger partial charge on any atom is -0.507 e. The Hall–Kier alpha value is -5.10. The lowest BCUT2D eigenvalue weighted by molar-refractivity contribution is 0.0779. The fraction of sp³-hybridized carbons (Fsp3) is 0.273. The van der Waals surface area contributed by atoms with Crippen LogP contribution in [0.1, 0.15) is 64.8 Å². The number of ether oxygens (including phenoxy) is 2. The van der Waals surface area contributed by atoms with Crippen LogP contribution in [0.3, 0.4) is 0 Å². The minimum absolute atomic E-state index is 0.00910. The summed E-state index contributed by atoms with van der Waals surface area (Å²) in [5.74, 6) is -0.624. The first-order valence-electron chi connectivity index (χ1n) is 14.3. The molecule has 2 N–H and O–H groups in total. The summed E-state index contributed by atoms with van der Waals surface area (Å²) >= 11 is 1.11. The average molecular weight is 632 g/mol. The summed E-state index contributed by atoms with van der Waals surface area (Å²) in [6, 6.07) is 11.1. The molecule has 0 bridgehead atoms. The van der Waals surface area contributed by atoms with Crippen LogP contribution >= 0.6 is 11.3 Å². The summed E-state index contributed by atoms with van der Waals surface area (Å²) in [6.07, 6.45) is 4.72. The summed E-state index contributed by atoms with van der Waals surface area (Å²) in [5, 5.41) is 21.2. The molecular formula is C33H33N3O8S. The Morgan fingerprint density at radius 3 is 2.27 bits per heavy atom. The molecule has 0 unspecified atom stereocenters. The number of likely N-dealkylation sites (tertiary alicyclic amines) is 1. The van der Waals surface area contributed by atoms with E-state index in [4.69, 9.17) is 9.47 Å². The van der Waals surface area contributed by atoms with Gasteiger partial charge >= 0.3 is 0 Å². The molecule has 0 atom stereocenters. The number of benzene rings is 2. The Bertz CT molecular complexity index is 1770. The summed E-state index contributed by atoms with van der Waals surface area (Å²) in [5.41, 5.74) is 1.89. The monoisotopic (exact) mass is 631 g/mol. The number of hydrogen-bond acceptors (Lipinski definition) is 9. The second-order valence-electron chi connectivity index (χ2n) is 10.8. The topological polar surface area (TPSA) is 139 Å². The molecule has 1 fully saturated rings. The van der Waals surface area contributed by atoms with E-state index in [1.807, 2.05) is 4.90 Å². The van der Waals surface area contributed by atoms with Crippen LogP contribution in [-0.4, -0.2) is 76.2 Å². The van der Waals surface area contributed by atoms with Gasteiger partial charge in [0.25, 0.3) is 11.8 Å². The number of rotatable bonds is 11. The molecule has 0 radical (unpaired) electrons. The highest BCUT2D eigenvalue weighted by Gasteiger charge is 2.26. The zero-order valence-electron chi connectivity index (χ0n) is 25.1. The van der Waals surface area contributed by atoms with Gasteiger partial charge in [0.2, 0.25) is 0 Å². The smallest absolute Gasteiger partial charge is 0.270 e. The van der Waals surface area contributed by atoms with Gasteiger partial charge in [-0.2, -0.15) is 0 Å². The normalized spacial score (nSPS) is 12.6. The van der Waals surface area contributed by atoms with Gasteiger partial charge in [0.15, 0.2) is 12.6 Å². The van der Waals surface area contributed by atoms with Gasteiger partial charge in [-0.05, 0) is 49.2 Å². The van der Waals surface area contributed by atoms with E-state index in [9.17, 15) is 29.4 Å². The molecule has 11 nitrogen and oxygen atoms in total. The van der Waals surface area contributed by atoms with Gasteiger partial charge in [-0.25, -0.2) is 0 Å². The summed E-state index contributed by atoms with van der Waals surface area (Å²) in [7, 11) is 5.01. The number of thiophene rings is 1.